The first-order valence-corrected chi connectivity index (χ1v) is 8.98. The van der Waals surface area contributed by atoms with Gasteiger partial charge in [0.15, 0.2) is 0 Å². The fraction of sp³-hybridized carbons (Fsp3) is 0.200. The van der Waals surface area contributed by atoms with Crippen molar-refractivity contribution in [1.82, 2.24) is 0 Å². The molecule has 0 saturated carbocycles. The number of benzene rings is 2. The molecule has 2 aromatic rings. The zero-order chi connectivity index (χ0) is 14.1. The lowest BCUT2D eigenvalue weighted by molar-refractivity contribution is 0.678. The smallest absolute Gasteiger partial charge is 0.0632 e. The Morgan fingerprint density at radius 2 is 2.10 bits per heavy atom. The van der Waals surface area contributed by atoms with Crippen molar-refractivity contribution < 1.29 is 4.21 Å². The Bertz CT molecular complexity index is 675. The molecule has 1 aliphatic rings. The van der Waals surface area contributed by atoms with Crippen molar-refractivity contribution in [3.8, 4) is 0 Å². The molecular weight excluding hydrogens is 310 g/mol. The van der Waals surface area contributed by atoms with Crippen molar-refractivity contribution in [2.45, 2.75) is 15.7 Å². The molecule has 20 heavy (non-hydrogen) atoms. The molecular formula is C15H14ClNOS2. The van der Waals surface area contributed by atoms with Gasteiger partial charge in [-0.25, -0.2) is 0 Å². The molecule has 3 rings (SSSR count). The van der Waals surface area contributed by atoms with Crippen molar-refractivity contribution in [3.05, 3.63) is 53.1 Å². The number of rotatable bonds is 3. The fourth-order valence-corrected chi connectivity index (χ4v) is 5.42. The number of hydrogen-bond acceptors (Lipinski definition) is 3. The van der Waals surface area contributed by atoms with Crippen LogP contribution in [0.3, 0.4) is 0 Å². The molecule has 1 aliphatic heterocycles. The first-order valence-electron chi connectivity index (χ1n) is 6.30. The minimum Gasteiger partial charge on any atom is -0.398 e. The van der Waals surface area contributed by atoms with Gasteiger partial charge < -0.3 is 5.73 Å². The van der Waals surface area contributed by atoms with Crippen molar-refractivity contribution in [1.29, 1.82) is 0 Å². The van der Waals surface area contributed by atoms with Crippen LogP contribution in [0.1, 0.15) is 11.5 Å². The summed E-state index contributed by atoms with van der Waals surface area (Å²) < 4.78 is 12.5. The van der Waals surface area contributed by atoms with E-state index in [1.165, 1.54) is 10.5 Å². The largest absolute Gasteiger partial charge is 0.398 e. The molecule has 104 valence electrons. The van der Waals surface area contributed by atoms with Crippen molar-refractivity contribution in [3.63, 3.8) is 0 Å². The molecule has 2 unspecified atom stereocenters. The highest BCUT2D eigenvalue weighted by atomic mass is 35.5. The van der Waals surface area contributed by atoms with E-state index in [1.54, 1.807) is 18.2 Å². The summed E-state index contributed by atoms with van der Waals surface area (Å²) in [6.07, 6.45) is 0. The molecule has 0 amide bonds. The lowest BCUT2D eigenvalue weighted by Gasteiger charge is -2.12. The fourth-order valence-electron chi connectivity index (χ4n) is 2.35. The zero-order valence-corrected chi connectivity index (χ0v) is 13.1. The molecule has 2 nitrogen and oxygen atoms in total. The van der Waals surface area contributed by atoms with Gasteiger partial charge in [-0.1, -0.05) is 29.8 Å². The van der Waals surface area contributed by atoms with Gasteiger partial charge in [0.25, 0.3) is 0 Å². The van der Waals surface area contributed by atoms with Crippen LogP contribution in [0.25, 0.3) is 0 Å². The number of nitrogens with two attached hydrogens (primary N) is 1. The maximum atomic E-state index is 12.5. The number of halogens is 1. The van der Waals surface area contributed by atoms with Crippen molar-refractivity contribution in [2.24, 2.45) is 0 Å². The van der Waals surface area contributed by atoms with Gasteiger partial charge in [0.05, 0.1) is 15.7 Å². The van der Waals surface area contributed by atoms with Crippen molar-refractivity contribution >= 4 is 39.8 Å². The Kier molecular flexibility index (Phi) is 4.06. The second-order valence-electron chi connectivity index (χ2n) is 4.74. The van der Waals surface area contributed by atoms with E-state index in [-0.39, 0.29) is 0 Å². The molecule has 2 aromatic carbocycles. The summed E-state index contributed by atoms with van der Waals surface area (Å²) in [4.78, 5) is 1.94. The Morgan fingerprint density at radius 3 is 2.95 bits per heavy atom. The van der Waals surface area contributed by atoms with Crippen LogP contribution in [0.2, 0.25) is 5.02 Å². The molecule has 0 bridgehead atoms. The monoisotopic (exact) mass is 323 g/mol. The third-order valence-electron chi connectivity index (χ3n) is 3.37. The first kappa shape index (κ1) is 14.0. The molecule has 2 N–H and O–H groups in total. The van der Waals surface area contributed by atoms with Crippen molar-refractivity contribution in [2.75, 3.05) is 17.2 Å². The van der Waals surface area contributed by atoms with E-state index in [9.17, 15) is 4.21 Å². The average molecular weight is 324 g/mol. The maximum Gasteiger partial charge on any atom is 0.0632 e. The summed E-state index contributed by atoms with van der Waals surface area (Å²) in [6.45, 7) is 0. The van der Waals surface area contributed by atoms with Gasteiger partial charge in [-0.15, -0.1) is 11.8 Å². The zero-order valence-electron chi connectivity index (χ0n) is 10.7. The summed E-state index contributed by atoms with van der Waals surface area (Å²) in [5, 5.41) is 0.573. The standard InChI is InChI=1S/C15H14ClNOS2/c16-11-5-6-13(17)15(7-11)20(18)9-10-8-19-14-4-2-1-3-12(10)14/h1-7,10H,8-9,17H2. The summed E-state index contributed by atoms with van der Waals surface area (Å²) in [5.74, 6) is 1.88. The van der Waals surface area contributed by atoms with Gasteiger partial charge >= 0.3 is 0 Å². The van der Waals surface area contributed by atoms with Gasteiger partial charge in [-0.2, -0.15) is 0 Å². The number of hydrogen-bond donors (Lipinski definition) is 1. The van der Waals surface area contributed by atoms with Gasteiger partial charge in [-0.05, 0) is 29.8 Å². The van der Waals surface area contributed by atoms with E-state index in [0.29, 0.717) is 27.3 Å². The van der Waals surface area contributed by atoms with E-state index in [2.05, 4.69) is 12.1 Å². The van der Waals surface area contributed by atoms with Gasteiger partial charge in [0, 0.05) is 33.0 Å². The van der Waals surface area contributed by atoms with Crippen LogP contribution < -0.4 is 5.73 Å². The van der Waals surface area contributed by atoms with E-state index >= 15 is 0 Å². The van der Waals surface area contributed by atoms with E-state index in [4.69, 9.17) is 17.3 Å². The van der Waals surface area contributed by atoms with Gasteiger partial charge in [-0.3, -0.25) is 4.21 Å². The molecule has 0 saturated heterocycles. The topological polar surface area (TPSA) is 43.1 Å². The normalized spacial score (nSPS) is 18.8. The van der Waals surface area contributed by atoms with Crippen LogP contribution in [0, 0.1) is 0 Å². The van der Waals surface area contributed by atoms with Crippen LogP contribution in [-0.2, 0) is 10.8 Å². The Balaban J connectivity index is 1.82. The number of nitrogen functional groups attached to an aromatic ring is 1. The average Bonchev–Trinajstić information content (AvgIpc) is 2.85. The van der Waals surface area contributed by atoms with Gasteiger partial charge in [0.1, 0.15) is 0 Å². The molecule has 1 heterocycles. The number of fused-ring (bicyclic) bond motifs is 1. The number of anilines is 1. The molecule has 2 atom stereocenters. The van der Waals surface area contributed by atoms with Crippen LogP contribution in [0.4, 0.5) is 5.69 Å². The molecule has 0 spiro atoms. The highest BCUT2D eigenvalue weighted by molar-refractivity contribution is 7.99. The Morgan fingerprint density at radius 1 is 1.30 bits per heavy atom. The molecule has 0 aliphatic carbocycles. The van der Waals surface area contributed by atoms with E-state index in [1.807, 2.05) is 23.9 Å². The van der Waals surface area contributed by atoms with Gasteiger partial charge in [0.2, 0.25) is 0 Å². The van der Waals surface area contributed by atoms with Crippen LogP contribution in [0.15, 0.2) is 52.3 Å². The van der Waals surface area contributed by atoms with E-state index in [0.717, 1.165) is 5.75 Å². The second kappa shape index (κ2) is 5.80. The van der Waals surface area contributed by atoms with Crippen LogP contribution >= 0.6 is 23.4 Å². The lowest BCUT2D eigenvalue weighted by atomic mass is 10.0. The molecule has 0 radical (unpaired) electrons. The molecule has 0 fully saturated rings. The first-order chi connectivity index (χ1) is 9.65. The quantitative estimate of drug-likeness (QED) is 0.871. The minimum absolute atomic E-state index is 0.315. The van der Waals surface area contributed by atoms with E-state index < -0.39 is 10.8 Å². The number of thioether (sulfide) groups is 1. The summed E-state index contributed by atoms with van der Waals surface area (Å²) in [5.41, 5.74) is 7.75. The minimum atomic E-state index is -1.13. The Labute approximate surface area is 130 Å². The molecule has 5 heteroatoms. The molecule has 0 aromatic heterocycles. The highest BCUT2D eigenvalue weighted by Gasteiger charge is 2.25. The Hall–Kier alpha value is -0.970. The predicted octanol–water partition coefficient (Wildman–Crippen LogP) is 3.92. The van der Waals surface area contributed by atoms with Crippen LogP contribution in [-0.4, -0.2) is 15.7 Å². The third kappa shape index (κ3) is 2.73. The lowest BCUT2D eigenvalue weighted by Crippen LogP contribution is -2.10. The summed E-state index contributed by atoms with van der Waals surface area (Å²) in [6, 6.07) is 13.5. The summed E-state index contributed by atoms with van der Waals surface area (Å²) in [7, 11) is -1.13. The predicted molar refractivity (Wildman–Crippen MR) is 87.0 cm³/mol. The maximum absolute atomic E-state index is 12.5. The second-order valence-corrected chi connectivity index (χ2v) is 7.70. The third-order valence-corrected chi connectivity index (χ3v) is 6.41. The SMILES string of the molecule is Nc1ccc(Cl)cc1S(=O)CC1CSc2ccccc21. The highest BCUT2D eigenvalue weighted by Crippen LogP contribution is 2.40. The van der Waals surface area contributed by atoms with Crippen LogP contribution in [0.5, 0.6) is 0 Å². The summed E-state index contributed by atoms with van der Waals surface area (Å²) >= 11 is 7.79.